The summed E-state index contributed by atoms with van der Waals surface area (Å²) in [6, 6.07) is 11.2. The third-order valence-corrected chi connectivity index (χ3v) is 5.73. The van der Waals surface area contributed by atoms with Crippen LogP contribution < -0.4 is 24.3 Å². The predicted octanol–water partition coefficient (Wildman–Crippen LogP) is 3.79. The number of hydrogen-bond acceptors (Lipinski definition) is 7. The van der Waals surface area contributed by atoms with Crippen molar-refractivity contribution in [3.8, 4) is 33.6 Å². The van der Waals surface area contributed by atoms with Crippen molar-refractivity contribution in [2.75, 3.05) is 21.0 Å². The topological polar surface area (TPSA) is 78.9 Å². The fourth-order valence-electron chi connectivity index (χ4n) is 3.01. The summed E-state index contributed by atoms with van der Waals surface area (Å²) in [5.41, 5.74) is 2.48. The molecule has 7 nitrogen and oxygen atoms in total. The number of fused-ring (bicyclic) bond motifs is 1. The molecule has 150 valence electrons. The molecule has 0 fully saturated rings. The van der Waals surface area contributed by atoms with Crippen molar-refractivity contribution in [2.24, 2.45) is 0 Å². The van der Waals surface area contributed by atoms with Crippen LogP contribution in [0, 0.1) is 6.92 Å². The zero-order chi connectivity index (χ0) is 20.4. The van der Waals surface area contributed by atoms with E-state index in [1.807, 2.05) is 43.3 Å². The van der Waals surface area contributed by atoms with Crippen LogP contribution in [0.25, 0.3) is 10.6 Å². The van der Waals surface area contributed by atoms with Crippen LogP contribution in [0.4, 0.5) is 0 Å². The molecule has 0 atom stereocenters. The molecule has 0 radical (unpaired) electrons. The lowest BCUT2D eigenvalue weighted by Crippen LogP contribution is -2.22. The van der Waals surface area contributed by atoms with Gasteiger partial charge >= 0.3 is 0 Å². The number of benzene rings is 2. The second-order valence-corrected chi connectivity index (χ2v) is 7.37. The molecule has 0 saturated heterocycles. The number of nitrogens with one attached hydrogen (secondary N) is 1. The number of amides is 1. The lowest BCUT2D eigenvalue weighted by Gasteiger charge is -2.08. The lowest BCUT2D eigenvalue weighted by atomic mass is 10.2. The maximum Gasteiger partial charge on any atom is 0.263 e. The first kappa shape index (κ1) is 19.1. The largest absolute Gasteiger partial charge is 0.493 e. The van der Waals surface area contributed by atoms with Gasteiger partial charge < -0.3 is 24.3 Å². The van der Waals surface area contributed by atoms with Crippen molar-refractivity contribution in [3.63, 3.8) is 0 Å². The first-order valence-corrected chi connectivity index (χ1v) is 9.77. The fraction of sp³-hybridized carbons (Fsp3) is 0.238. The van der Waals surface area contributed by atoms with Gasteiger partial charge in [-0.2, -0.15) is 0 Å². The summed E-state index contributed by atoms with van der Waals surface area (Å²) in [7, 11) is 3.18. The second kappa shape index (κ2) is 8.00. The van der Waals surface area contributed by atoms with Gasteiger partial charge in [-0.1, -0.05) is 6.07 Å². The second-order valence-electron chi connectivity index (χ2n) is 6.37. The summed E-state index contributed by atoms with van der Waals surface area (Å²) in [6.07, 6.45) is 0. The molecule has 0 spiro atoms. The van der Waals surface area contributed by atoms with Gasteiger partial charge in [0.2, 0.25) is 6.79 Å². The average Bonchev–Trinajstić information content (AvgIpc) is 3.37. The van der Waals surface area contributed by atoms with Gasteiger partial charge in [0.25, 0.3) is 5.91 Å². The van der Waals surface area contributed by atoms with Gasteiger partial charge in [-0.05, 0) is 42.8 Å². The van der Waals surface area contributed by atoms with Gasteiger partial charge in [0.15, 0.2) is 23.0 Å². The van der Waals surface area contributed by atoms with Gasteiger partial charge in [0.05, 0.1) is 19.9 Å². The van der Waals surface area contributed by atoms with E-state index in [-0.39, 0.29) is 12.7 Å². The van der Waals surface area contributed by atoms with E-state index in [2.05, 4.69) is 10.3 Å². The van der Waals surface area contributed by atoms with Gasteiger partial charge in [0.1, 0.15) is 9.88 Å². The summed E-state index contributed by atoms with van der Waals surface area (Å²) in [6.45, 7) is 2.44. The molecule has 0 saturated carbocycles. The normalized spacial score (nSPS) is 12.0. The quantitative estimate of drug-likeness (QED) is 0.664. The SMILES string of the molecule is COc1ccc(-c2nc(C)c(C(=O)NCc3ccc4c(c3)OCO4)s2)cc1OC. The van der Waals surface area contributed by atoms with E-state index < -0.39 is 0 Å². The van der Waals surface area contributed by atoms with Crippen LogP contribution in [0.1, 0.15) is 20.9 Å². The van der Waals surface area contributed by atoms with E-state index in [9.17, 15) is 4.79 Å². The van der Waals surface area contributed by atoms with Crippen LogP contribution in [-0.4, -0.2) is 31.9 Å². The number of aryl methyl sites for hydroxylation is 1. The first-order chi connectivity index (χ1) is 14.1. The molecule has 2 aromatic carbocycles. The fourth-order valence-corrected chi connectivity index (χ4v) is 3.99. The third-order valence-electron chi connectivity index (χ3n) is 4.52. The molecular weight excluding hydrogens is 392 g/mol. The Morgan fingerprint density at radius 2 is 1.90 bits per heavy atom. The number of carbonyl (C=O) groups is 1. The number of ether oxygens (including phenoxy) is 4. The highest BCUT2D eigenvalue weighted by molar-refractivity contribution is 7.17. The van der Waals surface area contributed by atoms with Crippen molar-refractivity contribution in [2.45, 2.75) is 13.5 Å². The molecule has 1 amide bonds. The van der Waals surface area contributed by atoms with Crippen molar-refractivity contribution in [3.05, 3.63) is 52.5 Å². The number of thiazole rings is 1. The van der Waals surface area contributed by atoms with Gasteiger partial charge in [-0.3, -0.25) is 4.79 Å². The monoisotopic (exact) mass is 412 g/mol. The molecule has 1 N–H and O–H groups in total. The average molecular weight is 412 g/mol. The molecular formula is C21H20N2O5S. The Morgan fingerprint density at radius 3 is 2.69 bits per heavy atom. The Labute approximate surface area is 172 Å². The number of carbonyl (C=O) groups excluding carboxylic acids is 1. The number of nitrogens with zero attached hydrogens (tertiary/aromatic N) is 1. The molecule has 1 aliphatic rings. The van der Waals surface area contributed by atoms with Crippen LogP contribution in [-0.2, 0) is 6.54 Å². The van der Waals surface area contributed by atoms with E-state index in [0.29, 0.717) is 34.4 Å². The lowest BCUT2D eigenvalue weighted by molar-refractivity contribution is 0.0954. The van der Waals surface area contributed by atoms with Gasteiger partial charge in [-0.15, -0.1) is 11.3 Å². The highest BCUT2D eigenvalue weighted by Gasteiger charge is 2.18. The minimum absolute atomic E-state index is 0.163. The summed E-state index contributed by atoms with van der Waals surface area (Å²) >= 11 is 1.34. The molecule has 4 rings (SSSR count). The summed E-state index contributed by atoms with van der Waals surface area (Å²) in [5.74, 6) is 2.52. The van der Waals surface area contributed by atoms with E-state index in [4.69, 9.17) is 18.9 Å². The Hall–Kier alpha value is -3.26. The van der Waals surface area contributed by atoms with Crippen molar-refractivity contribution in [1.29, 1.82) is 0 Å². The summed E-state index contributed by atoms with van der Waals surface area (Å²) in [5, 5.41) is 3.69. The highest BCUT2D eigenvalue weighted by Crippen LogP contribution is 2.35. The minimum atomic E-state index is -0.163. The standard InChI is InChI=1S/C21H20N2O5S/c1-12-19(20(24)22-10-13-4-6-16-18(8-13)28-11-27-16)29-21(23-12)14-5-7-15(25-2)17(9-14)26-3/h4-9H,10-11H2,1-3H3,(H,22,24). The van der Waals surface area contributed by atoms with Crippen molar-refractivity contribution >= 4 is 17.2 Å². The highest BCUT2D eigenvalue weighted by atomic mass is 32.1. The van der Waals surface area contributed by atoms with Crippen LogP contribution in [0.15, 0.2) is 36.4 Å². The molecule has 8 heteroatoms. The summed E-state index contributed by atoms with van der Waals surface area (Å²) in [4.78, 5) is 17.8. The maximum atomic E-state index is 12.7. The zero-order valence-corrected chi connectivity index (χ0v) is 17.1. The molecule has 1 aromatic heterocycles. The molecule has 29 heavy (non-hydrogen) atoms. The van der Waals surface area contributed by atoms with Gasteiger partial charge in [-0.25, -0.2) is 4.98 Å². The van der Waals surface area contributed by atoms with Crippen molar-refractivity contribution < 1.29 is 23.7 Å². The number of rotatable bonds is 6. The molecule has 3 aromatic rings. The van der Waals surface area contributed by atoms with Crippen LogP contribution >= 0.6 is 11.3 Å². The smallest absolute Gasteiger partial charge is 0.263 e. The molecule has 0 bridgehead atoms. The van der Waals surface area contributed by atoms with Gasteiger partial charge in [0, 0.05) is 12.1 Å². The zero-order valence-electron chi connectivity index (χ0n) is 16.3. The Kier molecular flexibility index (Phi) is 5.26. The number of aromatic nitrogens is 1. The molecule has 2 heterocycles. The molecule has 0 unspecified atom stereocenters. The minimum Gasteiger partial charge on any atom is -0.493 e. The molecule has 1 aliphatic heterocycles. The van der Waals surface area contributed by atoms with E-state index in [0.717, 1.165) is 21.9 Å². The Bertz CT molecular complexity index is 1060. The number of methoxy groups -OCH3 is 2. The maximum absolute atomic E-state index is 12.7. The Balaban J connectivity index is 1.49. The Morgan fingerprint density at radius 1 is 1.10 bits per heavy atom. The molecule has 0 aliphatic carbocycles. The third kappa shape index (κ3) is 3.84. The van der Waals surface area contributed by atoms with E-state index in [1.165, 1.54) is 11.3 Å². The van der Waals surface area contributed by atoms with Crippen LogP contribution in [0.3, 0.4) is 0 Å². The number of hydrogen-bond donors (Lipinski definition) is 1. The predicted molar refractivity (Wildman–Crippen MR) is 109 cm³/mol. The van der Waals surface area contributed by atoms with E-state index in [1.54, 1.807) is 14.2 Å². The van der Waals surface area contributed by atoms with Crippen LogP contribution in [0.2, 0.25) is 0 Å². The van der Waals surface area contributed by atoms with E-state index >= 15 is 0 Å². The summed E-state index contributed by atoms with van der Waals surface area (Å²) < 4.78 is 21.3. The van der Waals surface area contributed by atoms with Crippen LogP contribution in [0.5, 0.6) is 23.0 Å². The first-order valence-electron chi connectivity index (χ1n) is 8.95. The van der Waals surface area contributed by atoms with Crippen molar-refractivity contribution in [1.82, 2.24) is 10.3 Å².